The predicted molar refractivity (Wildman–Crippen MR) is 110 cm³/mol. The molecule has 0 aliphatic carbocycles. The van der Waals surface area contributed by atoms with Crippen molar-refractivity contribution < 1.29 is 9.90 Å². The maximum Gasteiger partial charge on any atom is 0.162 e. The maximum absolute atomic E-state index is 12.1. The summed E-state index contributed by atoms with van der Waals surface area (Å²) >= 11 is 6.01. The third kappa shape index (κ3) is 3.51. The molecule has 2 heterocycles. The molecule has 4 rings (SSSR count). The second-order valence-electron chi connectivity index (χ2n) is 7.96. The fourth-order valence-electron chi connectivity index (χ4n) is 4.83. The van der Waals surface area contributed by atoms with Gasteiger partial charge >= 0.3 is 0 Å². The highest BCUT2D eigenvalue weighted by atomic mass is 35.5. The van der Waals surface area contributed by atoms with Crippen LogP contribution in [0.4, 0.5) is 5.69 Å². The van der Waals surface area contributed by atoms with Gasteiger partial charge in [-0.25, -0.2) is 0 Å². The van der Waals surface area contributed by atoms with Crippen molar-refractivity contribution in [2.45, 2.75) is 63.1 Å². The molecule has 2 aromatic carbocycles. The van der Waals surface area contributed by atoms with E-state index >= 15 is 0 Å². The van der Waals surface area contributed by atoms with E-state index in [1.807, 2.05) is 43.3 Å². The van der Waals surface area contributed by atoms with Crippen LogP contribution >= 0.6 is 11.6 Å². The molecule has 2 aliphatic heterocycles. The normalized spacial score (nSPS) is 27.0. The molecule has 0 amide bonds. The second kappa shape index (κ2) is 7.29. The van der Waals surface area contributed by atoms with E-state index in [4.69, 9.17) is 11.6 Å². The van der Waals surface area contributed by atoms with Crippen LogP contribution in [0.25, 0.3) is 0 Å². The molecule has 0 saturated carbocycles. The Balaban J connectivity index is 1.54. The molecule has 2 unspecified atom stereocenters. The van der Waals surface area contributed by atoms with Gasteiger partial charge in [0.2, 0.25) is 0 Å². The number of ketones is 1. The Kier molecular flexibility index (Phi) is 5.00. The molecule has 2 bridgehead atoms. The molecule has 4 heteroatoms. The van der Waals surface area contributed by atoms with Crippen LogP contribution in [0.3, 0.4) is 0 Å². The zero-order chi connectivity index (χ0) is 19.0. The summed E-state index contributed by atoms with van der Waals surface area (Å²) in [6.45, 7) is 2.03. The molecular formula is C23H26ClNO2. The quantitative estimate of drug-likeness (QED) is 0.708. The van der Waals surface area contributed by atoms with Crippen molar-refractivity contribution in [3.63, 3.8) is 0 Å². The van der Waals surface area contributed by atoms with Crippen molar-refractivity contribution in [2.75, 3.05) is 4.90 Å². The Morgan fingerprint density at radius 1 is 1.07 bits per heavy atom. The molecule has 1 N–H and O–H groups in total. The highest BCUT2D eigenvalue weighted by Gasteiger charge is 2.48. The first-order valence-electron chi connectivity index (χ1n) is 9.90. The summed E-state index contributed by atoms with van der Waals surface area (Å²) in [5.74, 6) is 0.211. The monoisotopic (exact) mass is 383 g/mol. The SMILES string of the molecule is CCCC(=O)c1ccc(N2C3CCC2CC(O)(c2ccc(Cl)cc2)C3)cc1. The van der Waals surface area contributed by atoms with E-state index in [2.05, 4.69) is 17.0 Å². The Morgan fingerprint density at radius 2 is 1.67 bits per heavy atom. The van der Waals surface area contributed by atoms with Gasteiger partial charge in [0.1, 0.15) is 0 Å². The first-order chi connectivity index (χ1) is 13.0. The summed E-state index contributed by atoms with van der Waals surface area (Å²) < 4.78 is 0. The average Bonchev–Trinajstić information content (AvgIpc) is 2.94. The summed E-state index contributed by atoms with van der Waals surface area (Å²) in [5.41, 5.74) is 2.13. The Morgan fingerprint density at radius 3 is 2.22 bits per heavy atom. The summed E-state index contributed by atoms with van der Waals surface area (Å²) in [7, 11) is 0. The van der Waals surface area contributed by atoms with Gasteiger partial charge in [-0.15, -0.1) is 0 Å². The fraction of sp³-hybridized carbons (Fsp3) is 0.435. The molecule has 0 radical (unpaired) electrons. The van der Waals surface area contributed by atoms with Crippen molar-refractivity contribution >= 4 is 23.1 Å². The number of rotatable bonds is 5. The van der Waals surface area contributed by atoms with Crippen LogP contribution in [0, 0.1) is 0 Å². The number of Topliss-reactive ketones (excluding diaryl/α,β-unsaturated/α-hetero) is 1. The van der Waals surface area contributed by atoms with Crippen molar-refractivity contribution in [3.8, 4) is 0 Å². The maximum atomic E-state index is 12.1. The molecule has 2 aliphatic rings. The molecule has 0 spiro atoms. The van der Waals surface area contributed by atoms with Crippen LogP contribution < -0.4 is 4.90 Å². The minimum atomic E-state index is -0.788. The highest BCUT2D eigenvalue weighted by molar-refractivity contribution is 6.30. The van der Waals surface area contributed by atoms with Gasteiger partial charge in [-0.3, -0.25) is 4.79 Å². The number of hydrogen-bond acceptors (Lipinski definition) is 3. The van der Waals surface area contributed by atoms with E-state index in [1.165, 1.54) is 0 Å². The van der Waals surface area contributed by atoms with Gasteiger partial charge in [-0.05, 0) is 61.2 Å². The van der Waals surface area contributed by atoms with Crippen LogP contribution in [-0.2, 0) is 5.60 Å². The van der Waals surface area contributed by atoms with Gasteiger partial charge in [-0.1, -0.05) is 30.7 Å². The van der Waals surface area contributed by atoms with Crippen LogP contribution in [0.15, 0.2) is 48.5 Å². The van der Waals surface area contributed by atoms with E-state index in [0.717, 1.165) is 48.9 Å². The van der Waals surface area contributed by atoms with Crippen LogP contribution in [-0.4, -0.2) is 23.0 Å². The minimum absolute atomic E-state index is 0.211. The molecule has 27 heavy (non-hydrogen) atoms. The summed E-state index contributed by atoms with van der Waals surface area (Å²) in [6.07, 6.45) is 5.11. The number of benzene rings is 2. The first kappa shape index (κ1) is 18.5. The standard InChI is InChI=1S/C23H26ClNO2/c1-2-3-22(26)16-4-10-19(11-5-16)25-20-12-13-21(25)15-23(27,14-20)17-6-8-18(24)9-7-17/h4-11,20-21,27H,2-3,12-15H2,1H3. The van der Waals surface area contributed by atoms with Crippen molar-refractivity contribution in [1.82, 2.24) is 0 Å². The van der Waals surface area contributed by atoms with Crippen molar-refractivity contribution in [3.05, 3.63) is 64.7 Å². The summed E-state index contributed by atoms with van der Waals surface area (Å²) in [4.78, 5) is 14.5. The number of anilines is 1. The minimum Gasteiger partial charge on any atom is -0.385 e. The molecule has 2 aromatic rings. The number of carbonyl (C=O) groups excluding carboxylic acids is 1. The Labute approximate surface area is 166 Å². The first-order valence-corrected chi connectivity index (χ1v) is 10.3. The summed E-state index contributed by atoms with van der Waals surface area (Å²) in [5, 5.41) is 12.0. The third-order valence-corrected chi connectivity index (χ3v) is 6.36. The lowest BCUT2D eigenvalue weighted by Gasteiger charge is -2.45. The molecular weight excluding hydrogens is 358 g/mol. The number of piperidine rings is 1. The number of aliphatic hydroxyl groups is 1. The van der Waals surface area contributed by atoms with Gasteiger partial charge in [0.25, 0.3) is 0 Å². The molecule has 2 atom stereocenters. The zero-order valence-electron chi connectivity index (χ0n) is 15.7. The predicted octanol–water partition coefficient (Wildman–Crippen LogP) is 5.34. The second-order valence-corrected chi connectivity index (χ2v) is 8.40. The lowest BCUT2D eigenvalue weighted by molar-refractivity contribution is -0.00301. The van der Waals surface area contributed by atoms with Gasteiger partial charge < -0.3 is 10.0 Å². The van der Waals surface area contributed by atoms with Gasteiger partial charge in [0, 0.05) is 47.6 Å². The lowest BCUT2D eigenvalue weighted by Crippen LogP contribution is -2.49. The Hall–Kier alpha value is -1.84. The molecule has 0 aromatic heterocycles. The molecule has 142 valence electrons. The van der Waals surface area contributed by atoms with E-state index < -0.39 is 5.60 Å². The van der Waals surface area contributed by atoms with Crippen LogP contribution in [0.5, 0.6) is 0 Å². The highest BCUT2D eigenvalue weighted by Crippen LogP contribution is 2.47. The van der Waals surface area contributed by atoms with E-state index in [9.17, 15) is 9.90 Å². The van der Waals surface area contributed by atoms with Crippen LogP contribution in [0.1, 0.15) is 61.4 Å². The van der Waals surface area contributed by atoms with Crippen LogP contribution in [0.2, 0.25) is 5.02 Å². The number of fused-ring (bicyclic) bond motifs is 2. The van der Waals surface area contributed by atoms with Crippen molar-refractivity contribution in [2.24, 2.45) is 0 Å². The average molecular weight is 384 g/mol. The third-order valence-electron chi connectivity index (χ3n) is 6.11. The van der Waals surface area contributed by atoms with E-state index in [-0.39, 0.29) is 5.78 Å². The molecule has 2 saturated heterocycles. The number of carbonyl (C=O) groups is 1. The largest absolute Gasteiger partial charge is 0.385 e. The lowest BCUT2D eigenvalue weighted by atomic mass is 9.80. The smallest absolute Gasteiger partial charge is 0.162 e. The number of nitrogens with zero attached hydrogens (tertiary/aromatic N) is 1. The van der Waals surface area contributed by atoms with Gasteiger partial charge in [-0.2, -0.15) is 0 Å². The topological polar surface area (TPSA) is 40.5 Å². The summed E-state index contributed by atoms with van der Waals surface area (Å²) in [6, 6.07) is 16.3. The fourth-order valence-corrected chi connectivity index (χ4v) is 4.96. The van der Waals surface area contributed by atoms with Gasteiger partial charge in [0.15, 0.2) is 5.78 Å². The number of halogens is 1. The van der Waals surface area contributed by atoms with E-state index in [0.29, 0.717) is 23.5 Å². The Bertz CT molecular complexity index is 801. The molecule has 3 nitrogen and oxygen atoms in total. The number of hydrogen-bond donors (Lipinski definition) is 1. The van der Waals surface area contributed by atoms with Crippen molar-refractivity contribution in [1.29, 1.82) is 0 Å². The van der Waals surface area contributed by atoms with Gasteiger partial charge in [0.05, 0.1) is 5.60 Å². The molecule has 2 fully saturated rings. The zero-order valence-corrected chi connectivity index (χ0v) is 16.5. The van der Waals surface area contributed by atoms with E-state index in [1.54, 1.807) is 0 Å².